The van der Waals surface area contributed by atoms with E-state index in [-0.39, 0.29) is 11.6 Å². The molecule has 46 heavy (non-hydrogen) atoms. The van der Waals surface area contributed by atoms with E-state index < -0.39 is 17.1 Å². The van der Waals surface area contributed by atoms with Gasteiger partial charge in [0.05, 0.1) is 7.11 Å². The number of carbonyl (C=O) groups excluding carboxylic acids is 3. The van der Waals surface area contributed by atoms with Crippen molar-refractivity contribution in [3.8, 4) is 5.75 Å². The second-order valence-corrected chi connectivity index (χ2v) is 11.6. The number of nitrogens with one attached hydrogen (secondary N) is 3. The lowest BCUT2D eigenvalue weighted by molar-refractivity contribution is -0.116. The number of halogens is 1. The first-order valence-electron chi connectivity index (χ1n) is 14.3. The van der Waals surface area contributed by atoms with Crippen molar-refractivity contribution in [2.75, 3.05) is 17.7 Å². The van der Waals surface area contributed by atoms with Crippen LogP contribution in [0.25, 0.3) is 6.08 Å². The van der Waals surface area contributed by atoms with Crippen LogP contribution in [0.1, 0.15) is 26.7 Å². The lowest BCUT2D eigenvalue weighted by atomic mass is 10.1. The zero-order chi connectivity index (χ0) is 32.3. The second-order valence-electron chi connectivity index (χ2n) is 10.0. The number of benzene rings is 5. The molecular weight excluding hydrogens is 618 g/mol. The molecule has 5 aromatic rings. The Bertz CT molecular complexity index is 1810. The molecule has 0 aliphatic carbocycles. The minimum Gasteiger partial charge on any atom is -0.497 e. The van der Waals surface area contributed by atoms with E-state index in [1.165, 1.54) is 11.8 Å². The average molecular weight is 648 g/mol. The van der Waals surface area contributed by atoms with Crippen LogP contribution >= 0.6 is 23.4 Å². The van der Waals surface area contributed by atoms with Gasteiger partial charge in [-0.2, -0.15) is 0 Å². The van der Waals surface area contributed by atoms with Crippen LogP contribution in [0, 0.1) is 0 Å². The van der Waals surface area contributed by atoms with E-state index in [9.17, 15) is 14.4 Å². The first kappa shape index (κ1) is 32.1. The fourth-order valence-corrected chi connectivity index (χ4v) is 5.55. The van der Waals surface area contributed by atoms with Crippen LogP contribution < -0.4 is 20.7 Å². The first-order chi connectivity index (χ1) is 22.4. The molecule has 0 heterocycles. The van der Waals surface area contributed by atoms with Gasteiger partial charge in [0.15, 0.2) is 0 Å². The number of anilines is 2. The highest BCUT2D eigenvalue weighted by molar-refractivity contribution is 8.00. The van der Waals surface area contributed by atoms with E-state index in [4.69, 9.17) is 16.3 Å². The summed E-state index contributed by atoms with van der Waals surface area (Å²) in [5, 5.41) is 8.61. The maximum absolute atomic E-state index is 13.5. The molecule has 1 unspecified atom stereocenters. The van der Waals surface area contributed by atoms with Crippen LogP contribution in [0.3, 0.4) is 0 Å². The van der Waals surface area contributed by atoms with Crippen LogP contribution in [0.4, 0.5) is 11.4 Å². The van der Waals surface area contributed by atoms with Crippen molar-refractivity contribution < 1.29 is 19.1 Å². The molecule has 1 atom stereocenters. The topological polar surface area (TPSA) is 96.5 Å². The van der Waals surface area contributed by atoms with Crippen molar-refractivity contribution in [1.29, 1.82) is 0 Å². The van der Waals surface area contributed by atoms with Gasteiger partial charge < -0.3 is 20.7 Å². The number of amides is 3. The maximum atomic E-state index is 13.5. The molecule has 7 nitrogen and oxygen atoms in total. The van der Waals surface area contributed by atoms with Crippen molar-refractivity contribution in [3.05, 3.63) is 161 Å². The summed E-state index contributed by atoms with van der Waals surface area (Å²) < 4.78 is 5.21. The summed E-state index contributed by atoms with van der Waals surface area (Å²) >= 11 is 7.42. The van der Waals surface area contributed by atoms with Gasteiger partial charge in [-0.1, -0.05) is 72.3 Å². The Kier molecular flexibility index (Phi) is 10.9. The normalized spacial score (nSPS) is 11.7. The Balaban J connectivity index is 1.31. The van der Waals surface area contributed by atoms with E-state index in [1.807, 2.05) is 48.5 Å². The molecular formula is C37H30ClN3O4S. The molecule has 0 bridgehead atoms. The standard InChI is InChI=1S/C37H30ClN3O4S/c1-45-31-20-16-29(17-21-31)40-37(44)34(26-8-4-2-5-9-26)46-32-22-18-30(19-23-32)39-36(43)33(24-25-12-14-28(38)15-13-25)41-35(42)27-10-6-3-7-11-27/h2-24,34H,1H3,(H,39,43)(H,40,44)(H,41,42)/b33-24-. The number of ether oxygens (including phenoxy) is 1. The number of hydrogen-bond donors (Lipinski definition) is 3. The predicted octanol–water partition coefficient (Wildman–Crippen LogP) is 8.23. The third kappa shape index (κ3) is 8.88. The smallest absolute Gasteiger partial charge is 0.272 e. The molecule has 3 N–H and O–H groups in total. The van der Waals surface area contributed by atoms with Gasteiger partial charge in [0, 0.05) is 26.9 Å². The summed E-state index contributed by atoms with van der Waals surface area (Å²) in [4.78, 5) is 40.6. The first-order valence-corrected chi connectivity index (χ1v) is 15.6. The molecule has 0 radical (unpaired) electrons. The van der Waals surface area contributed by atoms with Crippen LogP contribution in [0.2, 0.25) is 5.02 Å². The zero-order valence-electron chi connectivity index (χ0n) is 24.8. The van der Waals surface area contributed by atoms with E-state index in [0.29, 0.717) is 33.3 Å². The van der Waals surface area contributed by atoms with Gasteiger partial charge in [-0.25, -0.2) is 0 Å². The van der Waals surface area contributed by atoms with Crippen LogP contribution in [0.15, 0.2) is 144 Å². The highest BCUT2D eigenvalue weighted by Gasteiger charge is 2.22. The van der Waals surface area contributed by atoms with Gasteiger partial charge in [-0.3, -0.25) is 14.4 Å². The van der Waals surface area contributed by atoms with E-state index in [2.05, 4.69) is 16.0 Å². The summed E-state index contributed by atoms with van der Waals surface area (Å²) in [6.07, 6.45) is 1.59. The minimum atomic E-state index is -0.536. The van der Waals surface area contributed by atoms with Crippen LogP contribution in [0.5, 0.6) is 5.75 Å². The predicted molar refractivity (Wildman–Crippen MR) is 185 cm³/mol. The van der Waals surface area contributed by atoms with Gasteiger partial charge in [0.2, 0.25) is 5.91 Å². The third-order valence-electron chi connectivity index (χ3n) is 6.77. The molecule has 9 heteroatoms. The van der Waals surface area contributed by atoms with E-state index >= 15 is 0 Å². The average Bonchev–Trinajstić information content (AvgIpc) is 3.09. The van der Waals surface area contributed by atoms with Crippen molar-refractivity contribution in [3.63, 3.8) is 0 Å². The quantitative estimate of drug-likeness (QED) is 0.0991. The fraction of sp³-hybridized carbons (Fsp3) is 0.0541. The van der Waals surface area contributed by atoms with Crippen molar-refractivity contribution in [2.24, 2.45) is 0 Å². The number of thioether (sulfide) groups is 1. The molecule has 0 fully saturated rings. The summed E-state index contributed by atoms with van der Waals surface area (Å²) in [6.45, 7) is 0. The lowest BCUT2D eigenvalue weighted by Crippen LogP contribution is -2.30. The molecule has 0 saturated heterocycles. The van der Waals surface area contributed by atoms with Crippen LogP contribution in [-0.2, 0) is 9.59 Å². The SMILES string of the molecule is COc1ccc(NC(=O)C(Sc2ccc(NC(=O)/C(=C/c3ccc(Cl)cc3)NC(=O)c3ccccc3)cc2)c2ccccc2)cc1. The molecule has 0 aromatic heterocycles. The maximum Gasteiger partial charge on any atom is 0.272 e. The molecule has 3 amide bonds. The fourth-order valence-electron chi connectivity index (χ4n) is 4.40. The molecule has 0 spiro atoms. The Morgan fingerprint density at radius 3 is 1.93 bits per heavy atom. The lowest BCUT2D eigenvalue weighted by Gasteiger charge is -2.18. The molecule has 230 valence electrons. The van der Waals surface area contributed by atoms with Crippen molar-refractivity contribution in [2.45, 2.75) is 10.1 Å². The van der Waals surface area contributed by atoms with E-state index in [0.717, 1.165) is 10.5 Å². The van der Waals surface area contributed by atoms with Gasteiger partial charge in [-0.15, -0.1) is 11.8 Å². The third-order valence-corrected chi connectivity index (χ3v) is 8.29. The Hall–Kier alpha value is -5.31. The Labute approximate surface area is 276 Å². The molecule has 5 aromatic carbocycles. The molecule has 0 aliphatic rings. The van der Waals surface area contributed by atoms with Crippen molar-refractivity contribution >= 4 is 58.5 Å². The highest BCUT2D eigenvalue weighted by atomic mass is 35.5. The van der Waals surface area contributed by atoms with E-state index in [1.54, 1.807) is 98.1 Å². The number of methoxy groups -OCH3 is 1. The Morgan fingerprint density at radius 2 is 1.30 bits per heavy atom. The van der Waals surface area contributed by atoms with Gasteiger partial charge >= 0.3 is 0 Å². The summed E-state index contributed by atoms with van der Waals surface area (Å²) in [5.74, 6) is -0.390. The monoisotopic (exact) mass is 647 g/mol. The zero-order valence-corrected chi connectivity index (χ0v) is 26.3. The summed E-state index contributed by atoms with van der Waals surface area (Å²) in [5.41, 5.74) is 3.20. The molecule has 0 aliphatic heterocycles. The van der Waals surface area contributed by atoms with Crippen LogP contribution in [-0.4, -0.2) is 24.8 Å². The second kappa shape index (κ2) is 15.6. The largest absolute Gasteiger partial charge is 0.497 e. The Morgan fingerprint density at radius 1 is 0.717 bits per heavy atom. The van der Waals surface area contributed by atoms with Crippen molar-refractivity contribution in [1.82, 2.24) is 5.32 Å². The molecule has 0 saturated carbocycles. The van der Waals surface area contributed by atoms with Gasteiger partial charge in [0.1, 0.15) is 16.7 Å². The summed E-state index contributed by atoms with van der Waals surface area (Å²) in [7, 11) is 1.59. The highest BCUT2D eigenvalue weighted by Crippen LogP contribution is 2.37. The summed E-state index contributed by atoms with van der Waals surface area (Å²) in [6, 6.07) is 39.4. The number of carbonyl (C=O) groups is 3. The van der Waals surface area contributed by atoms with Gasteiger partial charge in [-0.05, 0) is 90.0 Å². The van der Waals surface area contributed by atoms with Gasteiger partial charge in [0.25, 0.3) is 11.8 Å². The minimum absolute atomic E-state index is 0.0639. The number of rotatable bonds is 11. The molecule has 5 rings (SSSR count). The number of hydrogen-bond acceptors (Lipinski definition) is 5.